The lowest BCUT2D eigenvalue weighted by Crippen LogP contribution is -1.91. The predicted molar refractivity (Wildman–Crippen MR) is 43.3 cm³/mol. The Morgan fingerprint density at radius 2 is 1.80 bits per heavy atom. The van der Waals surface area contributed by atoms with Gasteiger partial charge in [0.05, 0.1) is 12.9 Å². The van der Waals surface area contributed by atoms with E-state index < -0.39 is 0 Å². The molecule has 2 N–H and O–H groups in total. The van der Waals surface area contributed by atoms with Gasteiger partial charge in [0.1, 0.15) is 0 Å². The topological polar surface area (TPSA) is 35.2 Å². The normalized spacial score (nSPS) is 14.6. The molecule has 10 heavy (non-hydrogen) atoms. The molecular weight excluding hydrogens is 126 g/mol. The minimum atomic E-state index is 0.916. The summed E-state index contributed by atoms with van der Waals surface area (Å²) in [4.78, 5) is 0. The van der Waals surface area contributed by atoms with Gasteiger partial charge in [0.2, 0.25) is 0 Å². The number of ether oxygens (including phenoxy) is 1. The molecular formula is C8H15NO. The molecule has 58 valence electrons. The number of hydrogen-bond acceptors (Lipinski definition) is 2. The largest absolute Gasteiger partial charge is 0.501 e. The molecule has 0 aromatic rings. The van der Waals surface area contributed by atoms with Gasteiger partial charge in [-0.05, 0) is 38.1 Å². The molecule has 0 unspecified atom stereocenters. The summed E-state index contributed by atoms with van der Waals surface area (Å²) < 4.78 is 5.02. The highest BCUT2D eigenvalue weighted by atomic mass is 16.5. The van der Waals surface area contributed by atoms with Crippen molar-refractivity contribution in [1.29, 1.82) is 0 Å². The van der Waals surface area contributed by atoms with Crippen molar-refractivity contribution >= 4 is 0 Å². The van der Waals surface area contributed by atoms with Crippen LogP contribution in [0.15, 0.2) is 23.1 Å². The van der Waals surface area contributed by atoms with E-state index in [9.17, 15) is 0 Å². The molecule has 0 bridgehead atoms. The Bertz CT molecular complexity index is 168. The van der Waals surface area contributed by atoms with E-state index in [-0.39, 0.29) is 0 Å². The Balaban J connectivity index is 4.46. The van der Waals surface area contributed by atoms with Crippen molar-refractivity contribution in [2.75, 3.05) is 7.11 Å². The molecule has 0 aliphatic carbocycles. The molecule has 2 heteroatoms. The van der Waals surface area contributed by atoms with Gasteiger partial charge >= 0.3 is 0 Å². The maximum absolute atomic E-state index is 5.31. The molecule has 0 heterocycles. The zero-order valence-corrected chi connectivity index (χ0v) is 7.06. The van der Waals surface area contributed by atoms with Crippen LogP contribution in [-0.4, -0.2) is 7.11 Å². The van der Waals surface area contributed by atoms with Crippen molar-refractivity contribution in [3.05, 3.63) is 23.1 Å². The fourth-order valence-corrected chi connectivity index (χ4v) is 0.556. The van der Waals surface area contributed by atoms with Crippen LogP contribution in [0, 0.1) is 0 Å². The van der Waals surface area contributed by atoms with Crippen molar-refractivity contribution < 1.29 is 4.74 Å². The molecule has 0 aromatic carbocycles. The van der Waals surface area contributed by atoms with E-state index in [4.69, 9.17) is 10.5 Å². The molecule has 0 saturated heterocycles. The lowest BCUT2D eigenvalue weighted by Gasteiger charge is -2.05. The summed E-state index contributed by atoms with van der Waals surface area (Å²) in [5, 5.41) is 0. The van der Waals surface area contributed by atoms with Crippen LogP contribution in [-0.2, 0) is 4.74 Å². The third kappa shape index (κ3) is 2.13. The number of methoxy groups -OCH3 is 1. The first-order valence-electron chi connectivity index (χ1n) is 3.23. The molecule has 0 aliphatic heterocycles. The van der Waals surface area contributed by atoms with Gasteiger partial charge in [-0.25, -0.2) is 0 Å². The summed E-state index contributed by atoms with van der Waals surface area (Å²) in [5.41, 5.74) is 7.47. The van der Waals surface area contributed by atoms with Gasteiger partial charge in [-0.3, -0.25) is 0 Å². The zero-order valence-electron chi connectivity index (χ0n) is 7.06. The zero-order chi connectivity index (χ0) is 8.15. The van der Waals surface area contributed by atoms with Crippen LogP contribution in [0.4, 0.5) is 0 Å². The van der Waals surface area contributed by atoms with E-state index in [1.54, 1.807) is 13.3 Å². The predicted octanol–water partition coefficient (Wildman–Crippen LogP) is 1.79. The van der Waals surface area contributed by atoms with Gasteiger partial charge in [-0.1, -0.05) is 0 Å². The molecule has 0 saturated carbocycles. The Labute approximate surface area is 62.4 Å². The minimum Gasteiger partial charge on any atom is -0.501 e. The van der Waals surface area contributed by atoms with E-state index in [1.807, 2.05) is 20.8 Å². The van der Waals surface area contributed by atoms with Crippen LogP contribution in [0.25, 0.3) is 0 Å². The van der Waals surface area contributed by atoms with Crippen molar-refractivity contribution in [3.8, 4) is 0 Å². The Morgan fingerprint density at radius 1 is 1.30 bits per heavy atom. The first kappa shape index (κ1) is 9.08. The summed E-state index contributed by atoms with van der Waals surface area (Å²) >= 11 is 0. The van der Waals surface area contributed by atoms with Gasteiger partial charge < -0.3 is 10.5 Å². The van der Waals surface area contributed by atoms with Crippen molar-refractivity contribution in [2.24, 2.45) is 5.73 Å². The monoisotopic (exact) mass is 141 g/mol. The highest BCUT2D eigenvalue weighted by Gasteiger charge is 1.96. The Morgan fingerprint density at radius 3 is 2.10 bits per heavy atom. The summed E-state index contributed by atoms with van der Waals surface area (Å²) in [6.07, 6.45) is 1.58. The van der Waals surface area contributed by atoms with E-state index in [1.165, 1.54) is 0 Å². The number of allylic oxidation sites excluding steroid dienone is 3. The Hall–Kier alpha value is -0.920. The van der Waals surface area contributed by atoms with Crippen LogP contribution in [0.1, 0.15) is 20.8 Å². The van der Waals surface area contributed by atoms with E-state index in [2.05, 4.69) is 0 Å². The number of rotatable bonds is 2. The summed E-state index contributed by atoms with van der Waals surface area (Å²) in [7, 11) is 1.66. The highest BCUT2D eigenvalue weighted by molar-refractivity contribution is 5.27. The van der Waals surface area contributed by atoms with Gasteiger partial charge in [0.25, 0.3) is 0 Å². The van der Waals surface area contributed by atoms with Crippen LogP contribution < -0.4 is 5.73 Å². The van der Waals surface area contributed by atoms with Gasteiger partial charge in [0.15, 0.2) is 0 Å². The summed E-state index contributed by atoms with van der Waals surface area (Å²) in [6.45, 7) is 5.86. The second-order valence-corrected chi connectivity index (χ2v) is 2.23. The van der Waals surface area contributed by atoms with E-state index in [0.29, 0.717) is 0 Å². The molecule has 0 aliphatic rings. The molecule has 0 spiro atoms. The molecule has 0 rings (SSSR count). The molecule has 0 aromatic heterocycles. The van der Waals surface area contributed by atoms with Crippen LogP contribution >= 0.6 is 0 Å². The second kappa shape index (κ2) is 3.99. The summed E-state index contributed by atoms with van der Waals surface area (Å²) in [5.74, 6) is 0.916. The maximum Gasteiger partial charge on any atom is 0.0956 e. The van der Waals surface area contributed by atoms with E-state index in [0.717, 1.165) is 16.9 Å². The highest BCUT2D eigenvalue weighted by Crippen LogP contribution is 2.12. The first-order valence-corrected chi connectivity index (χ1v) is 3.23. The minimum absolute atomic E-state index is 0.916. The standard InChI is InChI=1S/C8H15NO/c1-6(5-9)7(2)8(3)10-4/h5H,9H2,1-4H3/b6-5+,8-7+. The average molecular weight is 141 g/mol. The second-order valence-electron chi connectivity index (χ2n) is 2.23. The van der Waals surface area contributed by atoms with Gasteiger partial charge in [-0.2, -0.15) is 0 Å². The SMILES string of the molecule is CO/C(C)=C(C)/C(C)=C/N. The van der Waals surface area contributed by atoms with Gasteiger partial charge in [-0.15, -0.1) is 0 Å². The fraction of sp³-hybridized carbons (Fsp3) is 0.500. The van der Waals surface area contributed by atoms with Crippen LogP contribution in [0.2, 0.25) is 0 Å². The van der Waals surface area contributed by atoms with Crippen LogP contribution in [0.3, 0.4) is 0 Å². The molecule has 2 nitrogen and oxygen atoms in total. The van der Waals surface area contributed by atoms with Crippen LogP contribution in [0.5, 0.6) is 0 Å². The smallest absolute Gasteiger partial charge is 0.0956 e. The first-order chi connectivity index (χ1) is 4.63. The molecule has 0 radical (unpaired) electrons. The van der Waals surface area contributed by atoms with Crippen molar-refractivity contribution in [3.63, 3.8) is 0 Å². The number of nitrogens with two attached hydrogens (primary N) is 1. The average Bonchev–Trinajstić information content (AvgIpc) is 2.00. The van der Waals surface area contributed by atoms with Crippen molar-refractivity contribution in [2.45, 2.75) is 20.8 Å². The summed E-state index contributed by atoms with van der Waals surface area (Å²) in [6, 6.07) is 0. The number of hydrogen-bond donors (Lipinski definition) is 1. The molecule has 0 amide bonds. The Kier molecular flexibility index (Phi) is 3.62. The molecule has 0 fully saturated rings. The fourth-order valence-electron chi connectivity index (χ4n) is 0.556. The van der Waals surface area contributed by atoms with Gasteiger partial charge in [0, 0.05) is 0 Å². The van der Waals surface area contributed by atoms with E-state index >= 15 is 0 Å². The quantitative estimate of drug-likeness (QED) is 0.470. The maximum atomic E-state index is 5.31. The van der Waals surface area contributed by atoms with Crippen molar-refractivity contribution in [1.82, 2.24) is 0 Å². The molecule has 0 atom stereocenters. The third-order valence-corrected chi connectivity index (χ3v) is 1.68. The lowest BCUT2D eigenvalue weighted by molar-refractivity contribution is 0.289. The lowest BCUT2D eigenvalue weighted by atomic mass is 10.1. The third-order valence-electron chi connectivity index (χ3n) is 1.68.